The Kier molecular flexibility index (Phi) is 2.75. The molecule has 3 heteroatoms. The Labute approximate surface area is 97.3 Å². The second kappa shape index (κ2) is 3.93. The minimum absolute atomic E-state index is 0.127. The van der Waals surface area contributed by atoms with Crippen molar-refractivity contribution in [3.8, 4) is 0 Å². The second-order valence-electron chi connectivity index (χ2n) is 5.14. The first-order chi connectivity index (χ1) is 7.61. The van der Waals surface area contributed by atoms with Gasteiger partial charge in [0.15, 0.2) is 0 Å². The number of aromatic nitrogens is 2. The zero-order valence-corrected chi connectivity index (χ0v) is 10.3. The van der Waals surface area contributed by atoms with Crippen molar-refractivity contribution in [2.45, 2.75) is 57.5 Å². The molecule has 0 aromatic carbocycles. The summed E-state index contributed by atoms with van der Waals surface area (Å²) in [6.45, 7) is 13.6. The van der Waals surface area contributed by atoms with Gasteiger partial charge in [-0.3, -0.25) is 4.68 Å². The van der Waals surface area contributed by atoms with Crippen LogP contribution in [-0.2, 0) is 5.54 Å². The summed E-state index contributed by atoms with van der Waals surface area (Å²) in [5.74, 6) is 0.527. The fourth-order valence-corrected chi connectivity index (χ4v) is 2.44. The van der Waals surface area contributed by atoms with Gasteiger partial charge in [0, 0.05) is 19.0 Å². The van der Waals surface area contributed by atoms with Crippen LogP contribution in [0.1, 0.15) is 51.5 Å². The van der Waals surface area contributed by atoms with Crippen molar-refractivity contribution in [1.82, 2.24) is 9.78 Å². The second-order valence-corrected chi connectivity index (χ2v) is 5.14. The fourth-order valence-electron chi connectivity index (χ4n) is 2.44. The molecule has 0 unspecified atom stereocenters. The average molecular weight is 217 g/mol. The molecule has 0 aliphatic heterocycles. The zero-order chi connectivity index (χ0) is 11.8. The minimum atomic E-state index is 0.127. The van der Waals surface area contributed by atoms with Gasteiger partial charge in [0.2, 0.25) is 6.04 Å². The molecule has 1 aliphatic carbocycles. The first-order valence-corrected chi connectivity index (χ1v) is 6.03. The summed E-state index contributed by atoms with van der Waals surface area (Å²) in [5, 5.41) is 4.48. The van der Waals surface area contributed by atoms with E-state index in [4.69, 9.17) is 6.57 Å². The Bertz CT molecular complexity index is 405. The van der Waals surface area contributed by atoms with Crippen molar-refractivity contribution < 1.29 is 0 Å². The minimum Gasteiger partial charge on any atom is -0.313 e. The Balaban J connectivity index is 2.19. The monoisotopic (exact) mass is 217 g/mol. The Morgan fingerprint density at radius 3 is 2.75 bits per heavy atom. The molecule has 1 saturated carbocycles. The van der Waals surface area contributed by atoms with Crippen LogP contribution in [0, 0.1) is 6.57 Å². The highest BCUT2D eigenvalue weighted by Gasteiger charge is 2.49. The van der Waals surface area contributed by atoms with Gasteiger partial charge in [-0.1, -0.05) is 20.8 Å². The van der Waals surface area contributed by atoms with E-state index in [-0.39, 0.29) is 11.6 Å². The SMILES string of the molecule is [C-]#[N+][C@H]1C[C@](CC)(n2cc(C(C)C)cn2)C1. The lowest BCUT2D eigenvalue weighted by Crippen LogP contribution is -2.47. The van der Waals surface area contributed by atoms with Gasteiger partial charge in [-0.2, -0.15) is 5.10 Å². The molecule has 0 spiro atoms. The predicted molar refractivity (Wildman–Crippen MR) is 64.2 cm³/mol. The highest BCUT2D eigenvalue weighted by atomic mass is 15.3. The molecule has 0 bridgehead atoms. The smallest absolute Gasteiger partial charge is 0.228 e. The Hall–Kier alpha value is -1.30. The van der Waals surface area contributed by atoms with Crippen LogP contribution in [0.25, 0.3) is 4.85 Å². The number of hydrogen-bond acceptors (Lipinski definition) is 1. The largest absolute Gasteiger partial charge is 0.313 e. The van der Waals surface area contributed by atoms with Gasteiger partial charge >= 0.3 is 0 Å². The molecular weight excluding hydrogens is 198 g/mol. The quantitative estimate of drug-likeness (QED) is 0.713. The molecule has 0 radical (unpaired) electrons. The summed E-state index contributed by atoms with van der Waals surface area (Å²) < 4.78 is 2.10. The molecule has 0 N–H and O–H groups in total. The van der Waals surface area contributed by atoms with Gasteiger partial charge in [0.05, 0.1) is 11.7 Å². The van der Waals surface area contributed by atoms with Crippen LogP contribution in [-0.4, -0.2) is 15.8 Å². The van der Waals surface area contributed by atoms with Gasteiger partial charge in [0.25, 0.3) is 0 Å². The lowest BCUT2D eigenvalue weighted by molar-refractivity contribution is 0.109. The molecule has 0 amide bonds. The first-order valence-electron chi connectivity index (χ1n) is 6.03. The summed E-state index contributed by atoms with van der Waals surface area (Å²) in [6.07, 6.45) is 7.12. The van der Waals surface area contributed by atoms with Crippen LogP contribution in [0.3, 0.4) is 0 Å². The first kappa shape index (κ1) is 11.2. The summed E-state index contributed by atoms with van der Waals surface area (Å²) in [4.78, 5) is 3.61. The van der Waals surface area contributed by atoms with Crippen LogP contribution in [0.15, 0.2) is 12.4 Å². The summed E-state index contributed by atoms with van der Waals surface area (Å²) in [6, 6.07) is 0.214. The Morgan fingerprint density at radius 2 is 2.31 bits per heavy atom. The summed E-state index contributed by atoms with van der Waals surface area (Å²) >= 11 is 0. The van der Waals surface area contributed by atoms with E-state index >= 15 is 0 Å². The molecule has 3 nitrogen and oxygen atoms in total. The van der Waals surface area contributed by atoms with E-state index in [1.165, 1.54) is 5.56 Å². The highest BCUT2D eigenvalue weighted by molar-refractivity contribution is 5.14. The fraction of sp³-hybridized carbons (Fsp3) is 0.692. The topological polar surface area (TPSA) is 22.2 Å². The zero-order valence-electron chi connectivity index (χ0n) is 10.3. The van der Waals surface area contributed by atoms with Crippen LogP contribution in [0.2, 0.25) is 0 Å². The van der Waals surface area contributed by atoms with Gasteiger partial charge in [-0.15, -0.1) is 0 Å². The van der Waals surface area contributed by atoms with Gasteiger partial charge < -0.3 is 4.85 Å². The van der Waals surface area contributed by atoms with Crippen LogP contribution < -0.4 is 0 Å². The van der Waals surface area contributed by atoms with Gasteiger partial charge in [-0.25, -0.2) is 6.57 Å². The number of nitrogens with zero attached hydrogens (tertiary/aromatic N) is 3. The maximum atomic E-state index is 7.04. The third-order valence-electron chi connectivity index (χ3n) is 3.83. The van der Waals surface area contributed by atoms with E-state index in [0.717, 1.165) is 19.3 Å². The van der Waals surface area contributed by atoms with Crippen LogP contribution in [0.5, 0.6) is 0 Å². The summed E-state index contributed by atoms with van der Waals surface area (Å²) in [5.41, 5.74) is 1.42. The van der Waals surface area contributed by atoms with Crippen molar-refractivity contribution in [2.75, 3.05) is 0 Å². The molecule has 0 saturated heterocycles. The van der Waals surface area contributed by atoms with E-state index in [0.29, 0.717) is 5.92 Å². The van der Waals surface area contributed by atoms with Crippen LogP contribution in [0.4, 0.5) is 0 Å². The molecule has 1 aromatic heterocycles. The molecule has 1 aliphatic rings. The maximum absolute atomic E-state index is 7.04. The average Bonchev–Trinajstić information content (AvgIpc) is 2.67. The molecule has 86 valence electrons. The number of rotatable bonds is 3. The third-order valence-corrected chi connectivity index (χ3v) is 3.83. The molecule has 1 heterocycles. The van der Waals surface area contributed by atoms with E-state index in [2.05, 4.69) is 41.6 Å². The highest BCUT2D eigenvalue weighted by Crippen LogP contribution is 2.43. The van der Waals surface area contributed by atoms with Crippen molar-refractivity contribution >= 4 is 0 Å². The van der Waals surface area contributed by atoms with Crippen molar-refractivity contribution in [1.29, 1.82) is 0 Å². The normalized spacial score (nSPS) is 28.8. The maximum Gasteiger partial charge on any atom is 0.228 e. The molecule has 1 aromatic rings. The summed E-state index contributed by atoms with van der Waals surface area (Å²) in [7, 11) is 0. The van der Waals surface area contributed by atoms with Gasteiger partial charge in [-0.05, 0) is 17.9 Å². The molecule has 16 heavy (non-hydrogen) atoms. The lowest BCUT2D eigenvalue weighted by atomic mass is 9.71. The lowest BCUT2D eigenvalue weighted by Gasteiger charge is -2.41. The van der Waals surface area contributed by atoms with E-state index in [1.807, 2.05) is 6.20 Å². The predicted octanol–water partition coefficient (Wildman–Crippen LogP) is 3.19. The van der Waals surface area contributed by atoms with E-state index in [9.17, 15) is 0 Å². The van der Waals surface area contributed by atoms with Crippen LogP contribution >= 0.6 is 0 Å². The molecule has 2 rings (SSSR count). The van der Waals surface area contributed by atoms with Crippen molar-refractivity contribution in [3.63, 3.8) is 0 Å². The Morgan fingerprint density at radius 1 is 1.62 bits per heavy atom. The third kappa shape index (κ3) is 1.63. The molecule has 1 fully saturated rings. The molecule has 0 atom stereocenters. The molecular formula is C13H19N3. The van der Waals surface area contributed by atoms with Crippen molar-refractivity contribution in [3.05, 3.63) is 29.4 Å². The van der Waals surface area contributed by atoms with Crippen molar-refractivity contribution in [2.24, 2.45) is 0 Å². The van der Waals surface area contributed by atoms with E-state index < -0.39 is 0 Å². The van der Waals surface area contributed by atoms with E-state index in [1.54, 1.807) is 0 Å². The van der Waals surface area contributed by atoms with Gasteiger partial charge in [0.1, 0.15) is 0 Å². The number of hydrogen-bond donors (Lipinski definition) is 0. The standard InChI is InChI=1S/C13H19N3/c1-5-13(6-12(7-13)14-4)16-9-11(8-15-16)10(2)3/h8-10,12H,5-7H2,1-3H3/t12-,13-.